The molecule has 2 aromatic rings. The van der Waals surface area contributed by atoms with E-state index >= 15 is 0 Å². The molecule has 160 valence electrons. The van der Waals surface area contributed by atoms with Crippen molar-refractivity contribution in [1.82, 2.24) is 10.3 Å². The lowest BCUT2D eigenvalue weighted by Gasteiger charge is -2.36. The molecular weight excluding hydrogens is 383 g/mol. The Hall–Kier alpha value is -2.63. The Bertz CT molecular complexity index is 1010. The minimum atomic E-state index is -0.666. The number of benzene rings is 1. The van der Waals surface area contributed by atoms with Crippen molar-refractivity contribution in [1.29, 1.82) is 0 Å². The molecule has 1 atom stereocenters. The molecule has 4 rings (SSSR count). The Labute approximate surface area is 176 Å². The number of esters is 1. The van der Waals surface area contributed by atoms with Gasteiger partial charge in [0.2, 0.25) is 0 Å². The molecular formula is C24H29FN2O3. The first kappa shape index (κ1) is 20.6. The van der Waals surface area contributed by atoms with Crippen molar-refractivity contribution >= 4 is 28.2 Å². The maximum absolute atomic E-state index is 14.2. The largest absolute Gasteiger partial charge is 0.462 e. The average Bonchev–Trinajstić information content (AvgIpc) is 3.05. The maximum Gasteiger partial charge on any atom is 0.341 e. The quantitative estimate of drug-likeness (QED) is 0.720. The number of ether oxygens (including phenoxy) is 1. The summed E-state index contributed by atoms with van der Waals surface area (Å²) >= 11 is 0. The Balaban J connectivity index is 1.88. The molecule has 0 bridgehead atoms. The fourth-order valence-electron chi connectivity index (χ4n) is 5.06. The van der Waals surface area contributed by atoms with Crippen molar-refractivity contribution in [3.8, 4) is 0 Å². The van der Waals surface area contributed by atoms with Gasteiger partial charge < -0.3 is 15.0 Å². The van der Waals surface area contributed by atoms with Gasteiger partial charge in [-0.1, -0.05) is 33.1 Å². The smallest absolute Gasteiger partial charge is 0.341 e. The third-order valence-electron chi connectivity index (χ3n) is 6.58. The van der Waals surface area contributed by atoms with Gasteiger partial charge >= 0.3 is 5.97 Å². The number of halogens is 1. The predicted molar refractivity (Wildman–Crippen MR) is 114 cm³/mol. The SMILES string of the molecule is CCOC(=O)C1=CNC(C(=O)C2CCCCC2)C(C)(C)c2c1[nH]c1ccc(F)cc21. The average molecular weight is 413 g/mol. The molecule has 6 heteroatoms. The third kappa shape index (κ3) is 3.42. The summed E-state index contributed by atoms with van der Waals surface area (Å²) in [6.07, 6.45) is 6.70. The number of fused-ring (bicyclic) bond motifs is 3. The van der Waals surface area contributed by atoms with E-state index in [1.54, 1.807) is 19.2 Å². The van der Waals surface area contributed by atoms with Gasteiger partial charge in [-0.15, -0.1) is 0 Å². The van der Waals surface area contributed by atoms with E-state index in [1.165, 1.54) is 18.6 Å². The van der Waals surface area contributed by atoms with E-state index in [0.717, 1.165) is 36.8 Å². The van der Waals surface area contributed by atoms with Crippen LogP contribution in [0.2, 0.25) is 0 Å². The number of aromatic amines is 1. The van der Waals surface area contributed by atoms with Gasteiger partial charge in [-0.2, -0.15) is 0 Å². The van der Waals surface area contributed by atoms with Crippen molar-refractivity contribution in [2.75, 3.05) is 6.61 Å². The van der Waals surface area contributed by atoms with Crippen LogP contribution in [0, 0.1) is 11.7 Å². The topological polar surface area (TPSA) is 71.2 Å². The van der Waals surface area contributed by atoms with Crippen LogP contribution in [0.25, 0.3) is 16.5 Å². The van der Waals surface area contributed by atoms with Crippen molar-refractivity contribution in [3.63, 3.8) is 0 Å². The number of carbonyl (C=O) groups is 2. The number of carbonyl (C=O) groups excluding carboxylic acids is 2. The molecule has 5 nitrogen and oxygen atoms in total. The molecule has 2 heterocycles. The number of rotatable bonds is 4. The molecule has 1 aliphatic carbocycles. The van der Waals surface area contributed by atoms with Crippen LogP contribution in [-0.2, 0) is 19.7 Å². The summed E-state index contributed by atoms with van der Waals surface area (Å²) in [5.74, 6) is -0.648. The Morgan fingerprint density at radius 1 is 1.20 bits per heavy atom. The van der Waals surface area contributed by atoms with E-state index in [4.69, 9.17) is 4.74 Å². The Morgan fingerprint density at radius 3 is 2.63 bits per heavy atom. The number of nitrogens with one attached hydrogen (secondary N) is 2. The molecule has 2 N–H and O–H groups in total. The van der Waals surface area contributed by atoms with Gasteiger partial charge in [0.05, 0.1) is 23.9 Å². The van der Waals surface area contributed by atoms with Crippen LogP contribution in [-0.4, -0.2) is 29.4 Å². The number of Topliss-reactive ketones (excluding diaryl/α,β-unsaturated/α-hetero) is 1. The number of H-pyrrole nitrogens is 1. The number of ketones is 1. The summed E-state index contributed by atoms with van der Waals surface area (Å²) in [5.41, 5.74) is 1.76. The van der Waals surface area contributed by atoms with Gasteiger partial charge in [-0.25, -0.2) is 9.18 Å². The number of hydrogen-bond donors (Lipinski definition) is 2. The highest BCUT2D eigenvalue weighted by Crippen LogP contribution is 2.42. The first-order chi connectivity index (χ1) is 14.3. The second-order valence-electron chi connectivity index (χ2n) is 8.90. The predicted octanol–water partition coefficient (Wildman–Crippen LogP) is 4.61. The lowest BCUT2D eigenvalue weighted by Crippen LogP contribution is -2.50. The van der Waals surface area contributed by atoms with E-state index in [0.29, 0.717) is 16.7 Å². The van der Waals surface area contributed by atoms with E-state index in [-0.39, 0.29) is 24.1 Å². The van der Waals surface area contributed by atoms with Gasteiger partial charge in [0.25, 0.3) is 0 Å². The number of aromatic nitrogens is 1. The molecule has 1 fully saturated rings. The molecule has 1 aromatic heterocycles. The second-order valence-corrected chi connectivity index (χ2v) is 8.90. The molecule has 30 heavy (non-hydrogen) atoms. The molecule has 1 unspecified atom stereocenters. The molecule has 2 aliphatic rings. The molecule has 0 spiro atoms. The Morgan fingerprint density at radius 2 is 1.93 bits per heavy atom. The fourth-order valence-corrected chi connectivity index (χ4v) is 5.06. The summed E-state index contributed by atoms with van der Waals surface area (Å²) in [6.45, 7) is 5.98. The number of hydrogen-bond acceptors (Lipinski definition) is 4. The molecule has 1 aromatic carbocycles. The summed E-state index contributed by atoms with van der Waals surface area (Å²) in [6, 6.07) is 4.02. The lowest BCUT2D eigenvalue weighted by molar-refractivity contribution is -0.136. The summed E-state index contributed by atoms with van der Waals surface area (Å²) in [5, 5.41) is 3.93. The second kappa shape index (κ2) is 7.89. The highest BCUT2D eigenvalue weighted by atomic mass is 19.1. The van der Waals surface area contributed by atoms with Crippen molar-refractivity contribution in [3.05, 3.63) is 41.5 Å². The van der Waals surface area contributed by atoms with Crippen LogP contribution < -0.4 is 5.32 Å². The first-order valence-corrected chi connectivity index (χ1v) is 10.8. The van der Waals surface area contributed by atoms with Crippen molar-refractivity contribution in [2.45, 2.75) is 64.3 Å². The normalized spacial score (nSPS) is 21.3. The van der Waals surface area contributed by atoms with E-state index in [2.05, 4.69) is 10.3 Å². The zero-order chi connectivity index (χ0) is 21.5. The third-order valence-corrected chi connectivity index (χ3v) is 6.58. The van der Waals surface area contributed by atoms with E-state index < -0.39 is 17.4 Å². The van der Waals surface area contributed by atoms with Crippen molar-refractivity contribution in [2.24, 2.45) is 5.92 Å². The summed E-state index contributed by atoms with van der Waals surface area (Å²) in [7, 11) is 0. The van der Waals surface area contributed by atoms with Crippen LogP contribution in [0.5, 0.6) is 0 Å². The standard InChI is InChI=1S/C24H29FN2O3/c1-4-30-23(29)17-13-26-22(21(28)14-8-6-5-7-9-14)24(2,3)19-16-12-15(25)10-11-18(16)27-20(17)19/h10-14,22,26-27H,4-9H2,1-3H3. The highest BCUT2D eigenvalue weighted by molar-refractivity contribution is 6.18. The summed E-state index contributed by atoms with van der Waals surface area (Å²) < 4.78 is 19.4. The molecule has 1 aliphatic heterocycles. The van der Waals surface area contributed by atoms with Crippen LogP contribution in [0.1, 0.15) is 64.1 Å². The highest BCUT2D eigenvalue weighted by Gasteiger charge is 2.44. The minimum absolute atomic E-state index is 0.0125. The molecule has 0 radical (unpaired) electrons. The molecule has 0 amide bonds. The zero-order valence-corrected chi connectivity index (χ0v) is 17.8. The van der Waals surface area contributed by atoms with Gasteiger partial charge in [-0.3, -0.25) is 4.79 Å². The van der Waals surface area contributed by atoms with Crippen LogP contribution >= 0.6 is 0 Å². The first-order valence-electron chi connectivity index (χ1n) is 10.8. The molecule has 1 saturated carbocycles. The van der Waals surface area contributed by atoms with Crippen LogP contribution in [0.4, 0.5) is 4.39 Å². The minimum Gasteiger partial charge on any atom is -0.462 e. The molecule has 0 saturated heterocycles. The lowest BCUT2D eigenvalue weighted by atomic mass is 9.71. The zero-order valence-electron chi connectivity index (χ0n) is 17.8. The van der Waals surface area contributed by atoms with Crippen molar-refractivity contribution < 1.29 is 18.7 Å². The summed E-state index contributed by atoms with van der Waals surface area (Å²) in [4.78, 5) is 29.6. The van der Waals surface area contributed by atoms with Gasteiger partial charge in [0.15, 0.2) is 5.78 Å². The maximum atomic E-state index is 14.2. The van der Waals surface area contributed by atoms with E-state index in [9.17, 15) is 14.0 Å². The van der Waals surface area contributed by atoms with Gasteiger partial charge in [0, 0.05) is 28.4 Å². The van der Waals surface area contributed by atoms with E-state index in [1.807, 2.05) is 13.8 Å². The monoisotopic (exact) mass is 412 g/mol. The van der Waals surface area contributed by atoms with Gasteiger partial charge in [-0.05, 0) is 43.5 Å². The van der Waals surface area contributed by atoms with Crippen LogP contribution in [0.15, 0.2) is 24.4 Å². The fraction of sp³-hybridized carbons (Fsp3) is 0.500. The Kier molecular flexibility index (Phi) is 5.43. The van der Waals surface area contributed by atoms with Gasteiger partial charge in [0.1, 0.15) is 5.82 Å². The van der Waals surface area contributed by atoms with Crippen LogP contribution in [0.3, 0.4) is 0 Å².